The maximum atomic E-state index is 13.0. The SMILES string of the molecule is CC(C)S(=O)(=O)Nc1cccc(CCc2cccc(C(=O)O)c2)c1.O=C(O)c1cccc(CCc2cccc(NS(=O)(=O)CC(F)(F)F)c2)c1.O=C(O)c1cccc(CCc2cccc(NS(=O)(=O)c3cccc4cccnc34)c2)c1. The summed E-state index contributed by atoms with van der Waals surface area (Å²) in [6.45, 7) is 3.25. The summed E-state index contributed by atoms with van der Waals surface area (Å²) in [6, 6.07) is 49.2. The molecule has 424 valence electrons. The van der Waals surface area contributed by atoms with Crippen LogP contribution in [0.2, 0.25) is 0 Å². The van der Waals surface area contributed by atoms with Crippen LogP contribution in [-0.4, -0.2) is 80.6 Å². The van der Waals surface area contributed by atoms with Crippen LogP contribution in [0.15, 0.2) is 187 Å². The molecule has 0 aliphatic rings. The van der Waals surface area contributed by atoms with E-state index in [-0.39, 0.29) is 27.3 Å². The summed E-state index contributed by atoms with van der Waals surface area (Å²) >= 11 is 0. The van der Waals surface area contributed by atoms with Crippen molar-refractivity contribution >= 4 is 75.9 Å². The van der Waals surface area contributed by atoms with Gasteiger partial charge < -0.3 is 15.3 Å². The van der Waals surface area contributed by atoms with Gasteiger partial charge in [-0.15, -0.1) is 0 Å². The van der Waals surface area contributed by atoms with Crippen LogP contribution < -0.4 is 14.2 Å². The number of carbonyl (C=O) groups is 3. The highest BCUT2D eigenvalue weighted by molar-refractivity contribution is 7.93. The lowest BCUT2D eigenvalue weighted by atomic mass is 10.0. The number of para-hydroxylation sites is 1. The largest absolute Gasteiger partial charge is 0.478 e. The van der Waals surface area contributed by atoms with Gasteiger partial charge in [-0.25, -0.2) is 39.6 Å². The highest BCUT2D eigenvalue weighted by Gasteiger charge is 2.35. The minimum absolute atomic E-state index is 0.0473. The molecule has 1 aromatic heterocycles. The molecule has 0 aliphatic heterocycles. The Morgan fingerprint density at radius 2 is 0.815 bits per heavy atom. The summed E-state index contributed by atoms with van der Waals surface area (Å²) in [5.74, 6) is -4.89. The van der Waals surface area contributed by atoms with E-state index >= 15 is 0 Å². The molecule has 8 rings (SSSR count). The first-order valence-electron chi connectivity index (χ1n) is 24.9. The molecule has 0 spiro atoms. The van der Waals surface area contributed by atoms with Crippen molar-refractivity contribution < 1.29 is 68.1 Å². The lowest BCUT2D eigenvalue weighted by Crippen LogP contribution is -2.27. The van der Waals surface area contributed by atoms with Crippen LogP contribution in [0, 0.1) is 0 Å². The first kappa shape index (κ1) is 61.6. The molecule has 0 saturated carbocycles. The maximum absolute atomic E-state index is 13.0. The number of hydrogen-bond donors (Lipinski definition) is 6. The summed E-state index contributed by atoms with van der Waals surface area (Å²) in [5.41, 5.74) is 7.42. The van der Waals surface area contributed by atoms with Crippen LogP contribution in [0.4, 0.5) is 30.2 Å². The second-order valence-corrected chi connectivity index (χ2v) is 24.3. The van der Waals surface area contributed by atoms with Gasteiger partial charge in [-0.3, -0.25) is 19.2 Å². The van der Waals surface area contributed by atoms with Crippen molar-refractivity contribution in [3.8, 4) is 0 Å². The lowest BCUT2D eigenvalue weighted by Gasteiger charge is -2.12. The third kappa shape index (κ3) is 19.6. The van der Waals surface area contributed by atoms with Crippen LogP contribution in [0.5, 0.6) is 0 Å². The maximum Gasteiger partial charge on any atom is 0.404 e. The van der Waals surface area contributed by atoms with Crippen molar-refractivity contribution in [3.05, 3.63) is 232 Å². The Morgan fingerprint density at radius 3 is 1.20 bits per heavy atom. The molecule has 22 heteroatoms. The molecule has 0 fully saturated rings. The molecule has 0 amide bonds. The first-order valence-corrected chi connectivity index (χ1v) is 29.6. The van der Waals surface area contributed by atoms with Crippen molar-refractivity contribution in [2.24, 2.45) is 0 Å². The number of alkyl halides is 3. The van der Waals surface area contributed by atoms with Gasteiger partial charge in [0.05, 0.1) is 27.5 Å². The number of aromatic carboxylic acids is 3. The summed E-state index contributed by atoms with van der Waals surface area (Å²) < 4.78 is 117. The molecule has 7 aromatic carbocycles. The summed E-state index contributed by atoms with van der Waals surface area (Å²) in [7, 11) is -11.7. The van der Waals surface area contributed by atoms with Gasteiger partial charge in [0.1, 0.15) is 4.90 Å². The number of anilines is 3. The van der Waals surface area contributed by atoms with Crippen LogP contribution in [0.1, 0.15) is 78.3 Å². The monoisotopic (exact) mass is 1170 g/mol. The molecule has 0 aliphatic carbocycles. The number of nitrogens with zero attached hydrogens (tertiary/aromatic N) is 1. The fraction of sp³-hybridized carbons (Fsp3) is 0.186. The molecular weight excluding hydrogens is 1110 g/mol. The van der Waals surface area contributed by atoms with Gasteiger partial charge in [-0.05, 0) is 171 Å². The Hall–Kier alpha value is -8.60. The van der Waals surface area contributed by atoms with E-state index in [1.54, 1.807) is 123 Å². The Morgan fingerprint density at radius 1 is 0.469 bits per heavy atom. The van der Waals surface area contributed by atoms with Crippen molar-refractivity contribution in [1.29, 1.82) is 0 Å². The van der Waals surface area contributed by atoms with Crippen LogP contribution in [0.25, 0.3) is 10.9 Å². The minimum atomic E-state index is -4.82. The number of carboxylic acids is 3. The fourth-order valence-corrected chi connectivity index (χ4v) is 10.9. The summed E-state index contributed by atoms with van der Waals surface area (Å²) in [4.78, 5) is 37.4. The Labute approximate surface area is 467 Å². The zero-order valence-corrected chi connectivity index (χ0v) is 46.1. The third-order valence-electron chi connectivity index (χ3n) is 12.1. The van der Waals surface area contributed by atoms with E-state index in [4.69, 9.17) is 15.3 Å². The number of aromatic nitrogens is 1. The predicted octanol–water partition coefficient (Wildman–Crippen LogP) is 11.3. The van der Waals surface area contributed by atoms with Gasteiger partial charge in [0, 0.05) is 28.6 Å². The van der Waals surface area contributed by atoms with E-state index in [0.717, 1.165) is 33.2 Å². The molecule has 0 atom stereocenters. The molecule has 6 N–H and O–H groups in total. The van der Waals surface area contributed by atoms with Gasteiger partial charge in [-0.2, -0.15) is 13.2 Å². The van der Waals surface area contributed by atoms with E-state index in [2.05, 4.69) is 14.4 Å². The minimum Gasteiger partial charge on any atom is -0.478 e. The molecule has 0 unspecified atom stereocenters. The fourth-order valence-electron chi connectivity index (χ4n) is 8.03. The molecular formula is C59H57F3N4O12S3. The highest BCUT2D eigenvalue weighted by Crippen LogP contribution is 2.25. The van der Waals surface area contributed by atoms with E-state index in [1.807, 2.05) is 41.1 Å². The Kier molecular flexibility index (Phi) is 20.9. The zero-order chi connectivity index (χ0) is 59.0. The number of aryl methyl sites for hydroxylation is 6. The number of rotatable bonds is 21. The lowest BCUT2D eigenvalue weighted by molar-refractivity contribution is -0.106. The quantitative estimate of drug-likeness (QED) is 0.0391. The molecule has 0 saturated heterocycles. The van der Waals surface area contributed by atoms with E-state index in [1.165, 1.54) is 36.4 Å². The highest BCUT2D eigenvalue weighted by atomic mass is 32.2. The van der Waals surface area contributed by atoms with Gasteiger partial charge in [0.2, 0.25) is 20.0 Å². The molecule has 1 heterocycles. The number of fused-ring (bicyclic) bond motifs is 1. The Bertz CT molecular complexity index is 3870. The normalized spacial score (nSPS) is 11.6. The summed E-state index contributed by atoms with van der Waals surface area (Å²) in [5, 5.41) is 27.4. The molecule has 8 aromatic rings. The topological polar surface area (TPSA) is 263 Å². The molecule has 0 radical (unpaired) electrons. The van der Waals surface area contributed by atoms with Gasteiger partial charge in [-0.1, -0.05) is 91.0 Å². The number of nitrogens with one attached hydrogen (secondary N) is 3. The summed E-state index contributed by atoms with van der Waals surface area (Å²) in [6.07, 6.45) is 0.387. The average Bonchev–Trinajstić information content (AvgIpc) is 3.63. The van der Waals surface area contributed by atoms with E-state index in [9.17, 15) is 52.8 Å². The molecule has 81 heavy (non-hydrogen) atoms. The van der Waals surface area contributed by atoms with Crippen molar-refractivity contribution in [3.63, 3.8) is 0 Å². The average molecular weight is 1170 g/mol. The molecule has 16 nitrogen and oxygen atoms in total. The number of hydrogen-bond acceptors (Lipinski definition) is 10. The Balaban J connectivity index is 0.000000198. The van der Waals surface area contributed by atoms with Crippen LogP contribution in [0.3, 0.4) is 0 Å². The van der Waals surface area contributed by atoms with Crippen LogP contribution >= 0.6 is 0 Å². The second-order valence-electron chi connectivity index (χ2n) is 18.7. The van der Waals surface area contributed by atoms with Gasteiger partial charge in [0.25, 0.3) is 10.0 Å². The van der Waals surface area contributed by atoms with Crippen molar-refractivity contribution in [2.45, 2.75) is 68.7 Å². The number of benzene rings is 7. The van der Waals surface area contributed by atoms with Gasteiger partial charge >= 0.3 is 24.1 Å². The third-order valence-corrected chi connectivity index (χ3v) is 16.5. The number of pyridine rings is 1. The number of carboxylic acid groups (broad SMARTS) is 3. The van der Waals surface area contributed by atoms with Crippen molar-refractivity contribution in [1.82, 2.24) is 4.98 Å². The standard InChI is InChI=1S/C24H20N2O4S.C18H21NO4S.C17H16F3NO4S/c27-24(28)20-8-1-5-17(15-20)12-13-18-6-2-10-21(16-18)26-31(29,30)22-11-3-7-19-9-4-14-25-23(19)22;1-13(2)24(22,23)19-17-8-4-6-15(12-17)10-9-14-5-3-7-16(11-14)18(20)21;18-17(19,20)11-26(24,25)21-15-6-2-4-13(10-15)8-7-12-3-1-5-14(9-12)16(22)23/h1-11,14-16,26H,12-13H2,(H,27,28);3-8,11-13,19H,9-10H2,1-2H3,(H,20,21);1-6,9-10,21H,7-8,11H2,(H,22,23). The van der Waals surface area contributed by atoms with E-state index < -0.39 is 65.2 Å². The zero-order valence-electron chi connectivity index (χ0n) is 43.7. The predicted molar refractivity (Wildman–Crippen MR) is 305 cm³/mol. The molecule has 0 bridgehead atoms. The number of halogens is 3. The van der Waals surface area contributed by atoms with Crippen LogP contribution in [-0.2, 0) is 68.6 Å². The van der Waals surface area contributed by atoms with Crippen molar-refractivity contribution in [2.75, 3.05) is 19.9 Å². The first-order chi connectivity index (χ1) is 38.2. The number of sulfonamides is 3. The smallest absolute Gasteiger partial charge is 0.404 e. The van der Waals surface area contributed by atoms with E-state index in [0.29, 0.717) is 61.0 Å². The second kappa shape index (κ2) is 27.5. The van der Waals surface area contributed by atoms with Gasteiger partial charge in [0.15, 0.2) is 5.75 Å².